The number of aliphatic hydroxyl groups excluding tert-OH is 1. The summed E-state index contributed by atoms with van der Waals surface area (Å²) in [6.07, 6.45) is 1.17. The van der Waals surface area contributed by atoms with Gasteiger partial charge < -0.3 is 24.8 Å². The number of carbonyl (C=O) groups excluding carboxylic acids is 1. The summed E-state index contributed by atoms with van der Waals surface area (Å²) in [6, 6.07) is 19.6. The van der Waals surface area contributed by atoms with Crippen molar-refractivity contribution < 1.29 is 19.4 Å². The Kier molecular flexibility index (Phi) is 8.49. The van der Waals surface area contributed by atoms with E-state index in [1.165, 1.54) is 0 Å². The van der Waals surface area contributed by atoms with Crippen LogP contribution >= 0.6 is 0 Å². The summed E-state index contributed by atoms with van der Waals surface area (Å²) >= 11 is 0. The molecule has 0 saturated carbocycles. The van der Waals surface area contributed by atoms with Crippen molar-refractivity contribution in [1.29, 1.82) is 0 Å². The number of ether oxygens (including phenoxy) is 2. The van der Waals surface area contributed by atoms with Crippen LogP contribution in [0.1, 0.15) is 30.0 Å². The van der Waals surface area contributed by atoms with Crippen LogP contribution in [-0.4, -0.2) is 61.7 Å². The largest absolute Gasteiger partial charge is 0.446 e. The number of piperidine rings is 1. The molecule has 29 heavy (non-hydrogen) atoms. The van der Waals surface area contributed by atoms with Gasteiger partial charge in [-0.15, -0.1) is 0 Å². The zero-order chi connectivity index (χ0) is 20.3. The van der Waals surface area contributed by atoms with Gasteiger partial charge >= 0.3 is 6.09 Å². The Balaban J connectivity index is 1.50. The van der Waals surface area contributed by atoms with Crippen molar-refractivity contribution >= 4 is 6.09 Å². The van der Waals surface area contributed by atoms with E-state index in [0.29, 0.717) is 13.2 Å². The molecule has 0 bridgehead atoms. The highest BCUT2D eigenvalue weighted by Crippen LogP contribution is 2.22. The molecule has 1 fully saturated rings. The number of likely N-dealkylation sites (tertiary alicyclic amines) is 1. The lowest BCUT2D eigenvalue weighted by Crippen LogP contribution is -2.41. The van der Waals surface area contributed by atoms with Crippen LogP contribution in [0.15, 0.2) is 60.7 Å². The van der Waals surface area contributed by atoms with Crippen LogP contribution in [0.2, 0.25) is 0 Å². The molecular formula is C23H30N2O4. The Labute approximate surface area is 172 Å². The molecule has 1 saturated heterocycles. The number of benzene rings is 2. The topological polar surface area (TPSA) is 71.0 Å². The summed E-state index contributed by atoms with van der Waals surface area (Å²) in [5.74, 6) is 0. The first-order chi connectivity index (χ1) is 14.3. The van der Waals surface area contributed by atoms with E-state index in [9.17, 15) is 4.79 Å². The van der Waals surface area contributed by atoms with E-state index in [-0.39, 0.29) is 24.8 Å². The second kappa shape index (κ2) is 11.6. The van der Waals surface area contributed by atoms with Crippen LogP contribution in [0.4, 0.5) is 4.79 Å². The second-order valence-corrected chi connectivity index (χ2v) is 7.18. The number of nitrogens with one attached hydrogen (secondary N) is 1. The molecule has 1 heterocycles. The Hall–Kier alpha value is -2.41. The van der Waals surface area contributed by atoms with Gasteiger partial charge in [-0.3, -0.25) is 0 Å². The van der Waals surface area contributed by atoms with Crippen molar-refractivity contribution in [3.8, 4) is 0 Å². The van der Waals surface area contributed by atoms with Gasteiger partial charge in [-0.1, -0.05) is 60.7 Å². The van der Waals surface area contributed by atoms with E-state index < -0.39 is 0 Å². The number of amides is 1. The Morgan fingerprint density at radius 1 is 1.00 bits per heavy atom. The number of hydrogen-bond acceptors (Lipinski definition) is 5. The highest BCUT2D eigenvalue weighted by atomic mass is 16.6. The Morgan fingerprint density at radius 3 is 2.14 bits per heavy atom. The molecule has 1 aliphatic heterocycles. The number of rotatable bonds is 9. The van der Waals surface area contributed by atoms with Gasteiger partial charge in [0.25, 0.3) is 0 Å². The van der Waals surface area contributed by atoms with Crippen molar-refractivity contribution in [2.24, 2.45) is 0 Å². The molecule has 0 unspecified atom stereocenters. The van der Waals surface area contributed by atoms with E-state index in [1.807, 2.05) is 60.7 Å². The predicted octanol–water partition coefficient (Wildman–Crippen LogP) is 2.98. The quantitative estimate of drug-likeness (QED) is 0.636. The maximum atomic E-state index is 12.6. The summed E-state index contributed by atoms with van der Waals surface area (Å²) in [5, 5.41) is 11.8. The lowest BCUT2D eigenvalue weighted by molar-refractivity contribution is 0.0321. The van der Waals surface area contributed by atoms with Gasteiger partial charge in [-0.05, 0) is 24.0 Å². The molecule has 1 amide bonds. The smallest absolute Gasteiger partial charge is 0.408 e. The molecular weight excluding hydrogens is 368 g/mol. The van der Waals surface area contributed by atoms with Gasteiger partial charge in [0.05, 0.1) is 25.9 Å². The first-order valence-electron chi connectivity index (χ1n) is 10.2. The van der Waals surface area contributed by atoms with E-state index in [0.717, 1.165) is 43.6 Å². The maximum absolute atomic E-state index is 12.6. The van der Waals surface area contributed by atoms with Crippen LogP contribution in [0.3, 0.4) is 0 Å². The number of hydrogen-bond donors (Lipinski definition) is 2. The molecule has 2 N–H and O–H groups in total. The summed E-state index contributed by atoms with van der Waals surface area (Å²) in [5.41, 5.74) is 2.04. The molecule has 0 aromatic heterocycles. The third kappa shape index (κ3) is 6.85. The summed E-state index contributed by atoms with van der Waals surface area (Å²) in [7, 11) is 0. The van der Waals surface area contributed by atoms with Gasteiger partial charge in [0.1, 0.15) is 6.10 Å². The average molecular weight is 399 g/mol. The molecule has 6 heteroatoms. The molecule has 2 aromatic rings. The minimum absolute atomic E-state index is 0.0536. The van der Waals surface area contributed by atoms with E-state index in [1.54, 1.807) is 0 Å². The highest BCUT2D eigenvalue weighted by Gasteiger charge is 2.24. The van der Waals surface area contributed by atoms with Gasteiger partial charge in [-0.25, -0.2) is 4.79 Å². The van der Waals surface area contributed by atoms with E-state index in [2.05, 4.69) is 10.2 Å². The minimum atomic E-state index is -0.382. The molecule has 156 valence electrons. The third-order valence-corrected chi connectivity index (χ3v) is 5.12. The number of carbonyl (C=O) groups is 1. The molecule has 1 aliphatic rings. The molecule has 0 radical (unpaired) electrons. The summed E-state index contributed by atoms with van der Waals surface area (Å²) in [6.45, 7) is 3.63. The standard InChI is InChI=1S/C23H30N2O4/c26-16-18-28-17-15-25-13-11-21(12-14-25)29-23(27)24-22(19-7-3-1-4-8-19)20-9-5-2-6-10-20/h1-10,21-22,26H,11-18H2,(H,24,27). The average Bonchev–Trinajstić information content (AvgIpc) is 2.77. The van der Waals surface area contributed by atoms with Crippen LogP contribution < -0.4 is 5.32 Å². The Morgan fingerprint density at radius 2 is 1.59 bits per heavy atom. The van der Waals surface area contributed by atoms with Crippen LogP contribution in [0.25, 0.3) is 0 Å². The van der Waals surface area contributed by atoms with Crippen LogP contribution in [0.5, 0.6) is 0 Å². The number of alkyl carbamates (subject to hydrolysis) is 1. The van der Waals surface area contributed by atoms with Crippen molar-refractivity contribution in [2.45, 2.75) is 25.0 Å². The lowest BCUT2D eigenvalue weighted by Gasteiger charge is -2.31. The predicted molar refractivity (Wildman–Crippen MR) is 112 cm³/mol. The summed E-state index contributed by atoms with van der Waals surface area (Å²) < 4.78 is 11.0. The molecule has 6 nitrogen and oxygen atoms in total. The zero-order valence-electron chi connectivity index (χ0n) is 16.7. The second-order valence-electron chi connectivity index (χ2n) is 7.18. The van der Waals surface area contributed by atoms with Crippen LogP contribution in [-0.2, 0) is 9.47 Å². The SMILES string of the molecule is O=C(NC(c1ccccc1)c1ccccc1)OC1CCN(CCOCCO)CC1. The Bertz CT molecular complexity index is 679. The van der Waals surface area contributed by atoms with Crippen molar-refractivity contribution in [3.63, 3.8) is 0 Å². The van der Waals surface area contributed by atoms with Gasteiger partial charge in [0, 0.05) is 19.6 Å². The maximum Gasteiger partial charge on any atom is 0.408 e. The minimum Gasteiger partial charge on any atom is -0.446 e. The van der Waals surface area contributed by atoms with Crippen molar-refractivity contribution in [1.82, 2.24) is 10.2 Å². The van der Waals surface area contributed by atoms with Crippen LogP contribution in [0, 0.1) is 0 Å². The lowest BCUT2D eigenvalue weighted by atomic mass is 9.99. The summed E-state index contributed by atoms with van der Waals surface area (Å²) in [4.78, 5) is 14.9. The van der Waals surface area contributed by atoms with Gasteiger partial charge in [0.2, 0.25) is 0 Å². The fourth-order valence-corrected chi connectivity index (χ4v) is 3.56. The highest BCUT2D eigenvalue weighted by molar-refractivity contribution is 5.69. The van der Waals surface area contributed by atoms with Gasteiger partial charge in [-0.2, -0.15) is 0 Å². The van der Waals surface area contributed by atoms with Crippen molar-refractivity contribution in [3.05, 3.63) is 71.8 Å². The molecule has 2 aromatic carbocycles. The normalized spacial score (nSPS) is 15.4. The van der Waals surface area contributed by atoms with Crippen molar-refractivity contribution in [2.75, 3.05) is 39.5 Å². The van der Waals surface area contributed by atoms with E-state index in [4.69, 9.17) is 14.6 Å². The number of aliphatic hydroxyl groups is 1. The third-order valence-electron chi connectivity index (χ3n) is 5.12. The van der Waals surface area contributed by atoms with E-state index >= 15 is 0 Å². The fourth-order valence-electron chi connectivity index (χ4n) is 3.56. The zero-order valence-corrected chi connectivity index (χ0v) is 16.7. The first kappa shape index (κ1) is 21.3. The molecule has 0 atom stereocenters. The molecule has 3 rings (SSSR count). The monoisotopic (exact) mass is 398 g/mol. The first-order valence-corrected chi connectivity index (χ1v) is 10.2. The molecule has 0 aliphatic carbocycles. The fraction of sp³-hybridized carbons (Fsp3) is 0.435. The van der Waals surface area contributed by atoms with Gasteiger partial charge in [0.15, 0.2) is 0 Å². The number of nitrogens with zero attached hydrogens (tertiary/aromatic N) is 1. The molecule has 0 spiro atoms.